The summed E-state index contributed by atoms with van der Waals surface area (Å²) in [5.41, 5.74) is -0.277. The molecule has 1 aromatic rings. The van der Waals surface area contributed by atoms with E-state index in [0.717, 1.165) is 12.8 Å². The average molecular weight is 351 g/mol. The van der Waals surface area contributed by atoms with Crippen LogP contribution >= 0.6 is 11.8 Å². The summed E-state index contributed by atoms with van der Waals surface area (Å²) in [7, 11) is 1.36. The number of methoxy groups -OCH3 is 1. The van der Waals surface area contributed by atoms with Crippen LogP contribution in [0, 0.1) is 0 Å². The number of phenolic OH excluding ortho intramolecular Hbond substituents is 1. The number of carbonyl (C=O) groups excluding carboxylic acids is 1. The maximum absolute atomic E-state index is 11.8. The molecule has 0 spiro atoms. The molecule has 1 N–H and O–H groups in total. The number of rotatable bonds is 8. The van der Waals surface area contributed by atoms with Crippen molar-refractivity contribution in [2.24, 2.45) is 4.99 Å². The molecular weight excluding hydrogens is 326 g/mol. The van der Waals surface area contributed by atoms with Crippen LogP contribution in [0.1, 0.15) is 45.1 Å². The summed E-state index contributed by atoms with van der Waals surface area (Å²) >= 11 is 1.44. The third kappa shape index (κ3) is 4.44. The summed E-state index contributed by atoms with van der Waals surface area (Å²) in [6.45, 7) is 4.56. The van der Waals surface area contributed by atoms with Crippen molar-refractivity contribution in [2.75, 3.05) is 19.5 Å². The highest BCUT2D eigenvalue weighted by atomic mass is 32.2. The first-order chi connectivity index (χ1) is 11.5. The Morgan fingerprint density at radius 2 is 2.17 bits per heavy atom. The van der Waals surface area contributed by atoms with Gasteiger partial charge in [0.25, 0.3) is 0 Å². The Hall–Kier alpha value is -1.69. The minimum absolute atomic E-state index is 0.112. The fraction of sp³-hybridized carbons (Fsp3) is 0.556. The van der Waals surface area contributed by atoms with Crippen molar-refractivity contribution < 1.29 is 19.4 Å². The van der Waals surface area contributed by atoms with Crippen molar-refractivity contribution in [3.8, 4) is 11.5 Å². The molecule has 24 heavy (non-hydrogen) atoms. The summed E-state index contributed by atoms with van der Waals surface area (Å²) in [5.74, 6) is 0.898. The molecule has 0 unspecified atom stereocenters. The smallest absolute Gasteiger partial charge is 0.334 e. The van der Waals surface area contributed by atoms with E-state index in [-0.39, 0.29) is 11.7 Å². The number of carbonyl (C=O) groups is 1. The van der Waals surface area contributed by atoms with Gasteiger partial charge in [-0.1, -0.05) is 26.2 Å². The lowest BCUT2D eigenvalue weighted by Gasteiger charge is -2.15. The summed E-state index contributed by atoms with van der Waals surface area (Å²) < 4.78 is 10.5. The van der Waals surface area contributed by atoms with Crippen LogP contribution in [0.25, 0.3) is 0 Å². The van der Waals surface area contributed by atoms with Crippen LogP contribution in [-0.4, -0.2) is 41.1 Å². The molecule has 0 fully saturated rings. The molecule has 5 nitrogen and oxygen atoms in total. The number of aromatic hydroxyl groups is 1. The molecule has 1 aliphatic heterocycles. The number of ether oxygens (including phenoxy) is 2. The molecule has 0 aliphatic carbocycles. The van der Waals surface area contributed by atoms with E-state index >= 15 is 0 Å². The standard InChI is InChI=1S/C18H25NO4S/c1-4-5-6-7-10-23-13-8-9-14(15(20)11-13)16-19-18(2,12-24-16)17(21)22-3/h8-9,11,20H,4-7,10,12H2,1-3H3/t18-/m1/s1. The molecule has 1 atom stereocenters. The van der Waals surface area contributed by atoms with Crippen LogP contribution < -0.4 is 4.74 Å². The van der Waals surface area contributed by atoms with Crippen molar-refractivity contribution in [1.82, 2.24) is 0 Å². The van der Waals surface area contributed by atoms with Crippen LogP contribution in [0.2, 0.25) is 0 Å². The van der Waals surface area contributed by atoms with Crippen molar-refractivity contribution in [2.45, 2.75) is 45.1 Å². The number of phenols is 1. The molecule has 2 rings (SSSR count). The van der Waals surface area contributed by atoms with E-state index in [0.29, 0.717) is 28.7 Å². The summed E-state index contributed by atoms with van der Waals surface area (Å²) in [6.07, 6.45) is 4.57. The Bertz CT molecular complexity index is 617. The van der Waals surface area contributed by atoms with Gasteiger partial charge in [-0.2, -0.15) is 0 Å². The number of esters is 1. The summed E-state index contributed by atoms with van der Waals surface area (Å²) in [5, 5.41) is 10.9. The van der Waals surface area contributed by atoms with Crippen LogP contribution in [0.15, 0.2) is 23.2 Å². The van der Waals surface area contributed by atoms with Crippen molar-refractivity contribution in [3.05, 3.63) is 23.8 Å². The largest absolute Gasteiger partial charge is 0.507 e. The van der Waals surface area contributed by atoms with Crippen LogP contribution in [0.5, 0.6) is 11.5 Å². The van der Waals surface area contributed by atoms with E-state index in [1.54, 1.807) is 19.1 Å². The van der Waals surface area contributed by atoms with E-state index in [9.17, 15) is 9.90 Å². The SMILES string of the molecule is CCCCCCOc1ccc(C2=N[C@@](C)(C(=O)OC)CS2)c(O)c1. The zero-order valence-electron chi connectivity index (χ0n) is 14.5. The molecule has 0 aromatic heterocycles. The lowest BCUT2D eigenvalue weighted by atomic mass is 10.1. The van der Waals surface area contributed by atoms with E-state index in [2.05, 4.69) is 11.9 Å². The maximum Gasteiger partial charge on any atom is 0.334 e. The summed E-state index contributed by atoms with van der Waals surface area (Å²) in [6, 6.07) is 5.21. The van der Waals surface area contributed by atoms with Gasteiger partial charge in [-0.15, -0.1) is 11.8 Å². The van der Waals surface area contributed by atoms with Gasteiger partial charge in [0.05, 0.1) is 13.7 Å². The predicted molar refractivity (Wildman–Crippen MR) is 97.2 cm³/mol. The number of thioether (sulfide) groups is 1. The lowest BCUT2D eigenvalue weighted by molar-refractivity contribution is -0.145. The Morgan fingerprint density at radius 1 is 1.38 bits per heavy atom. The Kier molecular flexibility index (Phi) is 6.54. The molecule has 1 aliphatic rings. The van der Waals surface area contributed by atoms with Gasteiger partial charge in [0.15, 0.2) is 5.54 Å². The molecule has 0 amide bonds. The zero-order chi connectivity index (χ0) is 17.6. The van der Waals surface area contributed by atoms with Gasteiger partial charge < -0.3 is 14.6 Å². The molecule has 1 heterocycles. The second-order valence-corrected chi connectivity index (χ2v) is 7.02. The quantitative estimate of drug-likeness (QED) is 0.570. The van der Waals surface area contributed by atoms with Gasteiger partial charge in [-0.25, -0.2) is 4.79 Å². The lowest BCUT2D eigenvalue weighted by Crippen LogP contribution is -2.34. The first kappa shape index (κ1) is 18.6. The Morgan fingerprint density at radius 3 is 2.83 bits per heavy atom. The second-order valence-electron chi connectivity index (χ2n) is 6.06. The Labute approximate surface area is 147 Å². The fourth-order valence-corrected chi connectivity index (χ4v) is 3.66. The van der Waals surface area contributed by atoms with Crippen molar-refractivity contribution in [1.29, 1.82) is 0 Å². The minimum Gasteiger partial charge on any atom is -0.507 e. The third-order valence-electron chi connectivity index (χ3n) is 3.93. The molecule has 0 bridgehead atoms. The number of aliphatic imine (C=N–C) groups is 1. The number of unbranched alkanes of at least 4 members (excludes halogenated alkanes) is 3. The number of benzene rings is 1. The average Bonchev–Trinajstić information content (AvgIpc) is 2.97. The molecule has 132 valence electrons. The van der Waals surface area contributed by atoms with Gasteiger partial charge >= 0.3 is 5.97 Å². The number of hydrogen-bond donors (Lipinski definition) is 1. The van der Waals surface area contributed by atoms with Gasteiger partial charge in [-0.05, 0) is 25.5 Å². The van der Waals surface area contributed by atoms with Gasteiger partial charge in [0.1, 0.15) is 16.5 Å². The zero-order valence-corrected chi connectivity index (χ0v) is 15.3. The Balaban J connectivity index is 2.02. The van der Waals surface area contributed by atoms with Gasteiger partial charge in [0.2, 0.25) is 0 Å². The summed E-state index contributed by atoms with van der Waals surface area (Å²) in [4.78, 5) is 16.3. The molecule has 0 radical (unpaired) electrons. The topological polar surface area (TPSA) is 68.1 Å². The van der Waals surface area contributed by atoms with Crippen LogP contribution in [0.4, 0.5) is 0 Å². The van der Waals surface area contributed by atoms with Crippen molar-refractivity contribution in [3.63, 3.8) is 0 Å². The maximum atomic E-state index is 11.8. The third-order valence-corrected chi connectivity index (χ3v) is 5.22. The normalized spacial score (nSPS) is 19.9. The highest BCUT2D eigenvalue weighted by Gasteiger charge is 2.40. The van der Waals surface area contributed by atoms with Gasteiger partial charge in [-0.3, -0.25) is 4.99 Å². The van der Waals surface area contributed by atoms with E-state index < -0.39 is 5.54 Å². The van der Waals surface area contributed by atoms with Gasteiger partial charge in [0, 0.05) is 17.4 Å². The number of hydrogen-bond acceptors (Lipinski definition) is 6. The number of nitrogens with zero attached hydrogens (tertiary/aromatic N) is 1. The van der Waals surface area contributed by atoms with Crippen LogP contribution in [-0.2, 0) is 9.53 Å². The van der Waals surface area contributed by atoms with Crippen LogP contribution in [0.3, 0.4) is 0 Å². The second kappa shape index (κ2) is 8.42. The monoisotopic (exact) mass is 351 g/mol. The van der Waals surface area contributed by atoms with E-state index in [1.807, 2.05) is 6.07 Å². The first-order valence-corrected chi connectivity index (χ1v) is 9.26. The molecule has 1 aromatic carbocycles. The molecular formula is C18H25NO4S. The minimum atomic E-state index is -0.893. The molecule has 0 saturated heterocycles. The predicted octanol–water partition coefficient (Wildman–Crippen LogP) is 3.78. The highest BCUT2D eigenvalue weighted by molar-refractivity contribution is 8.14. The van der Waals surface area contributed by atoms with E-state index in [4.69, 9.17) is 9.47 Å². The van der Waals surface area contributed by atoms with E-state index in [1.165, 1.54) is 31.7 Å². The first-order valence-electron chi connectivity index (χ1n) is 8.27. The fourth-order valence-electron chi connectivity index (χ4n) is 2.46. The molecule has 6 heteroatoms. The molecule has 0 saturated carbocycles. The van der Waals surface area contributed by atoms with Crippen molar-refractivity contribution >= 4 is 22.8 Å². The highest BCUT2D eigenvalue weighted by Crippen LogP contribution is 2.35.